The molecule has 5 rings (SSSR count). The van der Waals surface area contributed by atoms with Crippen molar-refractivity contribution < 1.29 is 14.3 Å². The molecule has 8 nitrogen and oxygen atoms in total. The highest BCUT2D eigenvalue weighted by Gasteiger charge is 2.26. The summed E-state index contributed by atoms with van der Waals surface area (Å²) < 4.78 is 8.53. The van der Waals surface area contributed by atoms with Crippen LogP contribution in [0.1, 0.15) is 52.1 Å². The number of carbonyl (C=O) groups is 2. The molecule has 1 aliphatic carbocycles. The standard InChI is InChI=1S/C30H31ClN4O4/c1-19-25(15-22(31)16-32-19)29(37)33-23-11-7-20(8-12-23)17-34-26-5-3-4-6-27(26)35(30(34)38)18-28(36)21-9-13-24(39-2)14-10-21/h3-6,9-10,13-16,20,23H,7-8,11-12,17-18H2,1-2H3,(H,33,37)/t20-,23-. The average Bonchev–Trinajstić information content (AvgIpc) is 3.21. The van der Waals surface area contributed by atoms with E-state index in [9.17, 15) is 14.4 Å². The number of halogens is 1. The molecule has 9 heteroatoms. The Bertz CT molecular complexity index is 1570. The number of amides is 1. The summed E-state index contributed by atoms with van der Waals surface area (Å²) >= 11 is 6.03. The van der Waals surface area contributed by atoms with Crippen LogP contribution in [0.4, 0.5) is 0 Å². The van der Waals surface area contributed by atoms with Gasteiger partial charge in [-0.15, -0.1) is 0 Å². The third kappa shape index (κ3) is 5.76. The van der Waals surface area contributed by atoms with Crippen molar-refractivity contribution in [3.8, 4) is 5.75 Å². The third-order valence-electron chi connectivity index (χ3n) is 7.56. The van der Waals surface area contributed by atoms with Gasteiger partial charge in [-0.3, -0.25) is 23.7 Å². The fraction of sp³-hybridized carbons (Fsp3) is 0.333. The smallest absolute Gasteiger partial charge is 0.329 e. The Morgan fingerprint density at radius 2 is 1.69 bits per heavy atom. The van der Waals surface area contributed by atoms with Gasteiger partial charge in [-0.2, -0.15) is 0 Å². The molecule has 0 saturated heterocycles. The number of methoxy groups -OCH3 is 1. The van der Waals surface area contributed by atoms with Gasteiger partial charge in [0.2, 0.25) is 0 Å². The van der Waals surface area contributed by atoms with Gasteiger partial charge >= 0.3 is 5.69 Å². The van der Waals surface area contributed by atoms with Crippen molar-refractivity contribution in [3.05, 3.63) is 93.1 Å². The van der Waals surface area contributed by atoms with Crippen LogP contribution < -0.4 is 15.7 Å². The molecule has 0 bridgehead atoms. The number of fused-ring (bicyclic) bond motifs is 1. The maximum Gasteiger partial charge on any atom is 0.329 e. The number of ketones is 1. The number of hydrogen-bond donors (Lipinski definition) is 1. The second-order valence-electron chi connectivity index (χ2n) is 10.1. The minimum atomic E-state index is -0.183. The molecular weight excluding hydrogens is 516 g/mol. The normalized spacial score (nSPS) is 17.2. The molecular formula is C30H31ClN4O4. The first kappa shape index (κ1) is 26.7. The molecule has 202 valence electrons. The maximum absolute atomic E-state index is 13.5. The molecule has 1 fully saturated rings. The number of carbonyl (C=O) groups excluding carboxylic acids is 2. The molecule has 0 aliphatic heterocycles. The zero-order valence-corrected chi connectivity index (χ0v) is 22.8. The number of Topliss-reactive ketones (excluding diaryl/α,β-unsaturated/α-hetero) is 1. The maximum atomic E-state index is 13.5. The van der Waals surface area contributed by atoms with Crippen LogP contribution in [0.3, 0.4) is 0 Å². The van der Waals surface area contributed by atoms with Gasteiger partial charge in [-0.25, -0.2) is 4.79 Å². The SMILES string of the molecule is COc1ccc(C(=O)Cn2c(=O)n(C[C@H]3CC[C@H](NC(=O)c4cc(Cl)cnc4C)CC3)c3ccccc32)cc1. The highest BCUT2D eigenvalue weighted by molar-refractivity contribution is 6.30. The van der Waals surface area contributed by atoms with Gasteiger partial charge < -0.3 is 10.1 Å². The number of aromatic nitrogens is 3. The van der Waals surface area contributed by atoms with Gasteiger partial charge in [-0.1, -0.05) is 23.7 Å². The number of ether oxygens (including phenoxy) is 1. The summed E-state index contributed by atoms with van der Waals surface area (Å²) in [5, 5.41) is 3.56. The van der Waals surface area contributed by atoms with Gasteiger partial charge in [-0.05, 0) is 81.0 Å². The first-order valence-corrected chi connectivity index (χ1v) is 13.5. The largest absolute Gasteiger partial charge is 0.497 e. The molecule has 39 heavy (non-hydrogen) atoms. The van der Waals surface area contributed by atoms with Crippen LogP contribution in [0, 0.1) is 12.8 Å². The van der Waals surface area contributed by atoms with Crippen molar-refractivity contribution in [3.63, 3.8) is 0 Å². The summed E-state index contributed by atoms with van der Waals surface area (Å²) in [6.07, 6.45) is 4.95. The van der Waals surface area contributed by atoms with Crippen molar-refractivity contribution in [1.29, 1.82) is 0 Å². The highest BCUT2D eigenvalue weighted by Crippen LogP contribution is 2.27. The van der Waals surface area contributed by atoms with E-state index in [1.807, 2.05) is 24.3 Å². The predicted molar refractivity (Wildman–Crippen MR) is 151 cm³/mol. The summed E-state index contributed by atoms with van der Waals surface area (Å²) in [4.78, 5) is 43.5. The van der Waals surface area contributed by atoms with Crippen molar-refractivity contribution in [1.82, 2.24) is 19.4 Å². The average molecular weight is 547 g/mol. The van der Waals surface area contributed by atoms with E-state index in [0.717, 1.165) is 36.7 Å². The number of hydrogen-bond acceptors (Lipinski definition) is 5. The van der Waals surface area contributed by atoms with Gasteiger partial charge in [0, 0.05) is 24.3 Å². The lowest BCUT2D eigenvalue weighted by Gasteiger charge is -2.29. The second-order valence-corrected chi connectivity index (χ2v) is 10.5. The topological polar surface area (TPSA) is 95.2 Å². The quantitative estimate of drug-likeness (QED) is 0.312. The monoisotopic (exact) mass is 546 g/mol. The molecule has 0 spiro atoms. The number of pyridine rings is 1. The Balaban J connectivity index is 1.27. The second kappa shape index (κ2) is 11.5. The number of nitrogens with one attached hydrogen (secondary N) is 1. The van der Waals surface area contributed by atoms with E-state index >= 15 is 0 Å². The van der Waals surface area contributed by atoms with E-state index in [-0.39, 0.29) is 30.0 Å². The van der Waals surface area contributed by atoms with Gasteiger partial charge in [0.1, 0.15) is 5.75 Å². The van der Waals surface area contributed by atoms with Crippen LogP contribution in [-0.4, -0.2) is 39.0 Å². The molecule has 1 amide bonds. The van der Waals surface area contributed by atoms with E-state index in [2.05, 4.69) is 10.3 Å². The van der Waals surface area contributed by atoms with E-state index < -0.39 is 0 Å². The Labute approximate surface area is 231 Å². The minimum Gasteiger partial charge on any atom is -0.497 e. The molecule has 2 heterocycles. The summed E-state index contributed by atoms with van der Waals surface area (Å²) in [6.45, 7) is 2.33. The highest BCUT2D eigenvalue weighted by atomic mass is 35.5. The summed E-state index contributed by atoms with van der Waals surface area (Å²) in [7, 11) is 1.58. The van der Waals surface area contributed by atoms with E-state index in [1.165, 1.54) is 6.20 Å². The first-order valence-electron chi connectivity index (χ1n) is 13.1. The van der Waals surface area contributed by atoms with Crippen LogP contribution in [0.2, 0.25) is 5.02 Å². The lowest BCUT2D eigenvalue weighted by Crippen LogP contribution is -2.39. The van der Waals surface area contributed by atoms with Crippen LogP contribution >= 0.6 is 11.6 Å². The Morgan fingerprint density at radius 3 is 2.36 bits per heavy atom. The van der Waals surface area contributed by atoms with Crippen molar-refractivity contribution in [2.45, 2.75) is 51.7 Å². The molecule has 2 aromatic heterocycles. The van der Waals surface area contributed by atoms with E-state index in [4.69, 9.17) is 16.3 Å². The molecule has 0 unspecified atom stereocenters. The van der Waals surface area contributed by atoms with Crippen LogP contribution in [0.15, 0.2) is 65.6 Å². The number of benzene rings is 2. The Kier molecular flexibility index (Phi) is 7.84. The summed E-state index contributed by atoms with van der Waals surface area (Å²) in [5.41, 5.74) is 3.06. The van der Waals surface area contributed by atoms with E-state index in [1.54, 1.807) is 53.5 Å². The molecule has 2 aromatic carbocycles. The number of imidazole rings is 1. The lowest BCUT2D eigenvalue weighted by molar-refractivity contribution is 0.0917. The molecule has 4 aromatic rings. The predicted octanol–water partition coefficient (Wildman–Crippen LogP) is 5.04. The third-order valence-corrected chi connectivity index (χ3v) is 7.77. The fourth-order valence-electron chi connectivity index (χ4n) is 5.36. The van der Waals surface area contributed by atoms with Crippen molar-refractivity contribution in [2.75, 3.05) is 7.11 Å². The summed E-state index contributed by atoms with van der Waals surface area (Å²) in [5.74, 6) is 0.670. The molecule has 1 aliphatic rings. The summed E-state index contributed by atoms with van der Waals surface area (Å²) in [6, 6.07) is 16.2. The van der Waals surface area contributed by atoms with Gasteiger partial charge in [0.15, 0.2) is 5.78 Å². The van der Waals surface area contributed by atoms with Gasteiger partial charge in [0.25, 0.3) is 5.91 Å². The number of para-hydroxylation sites is 2. The molecule has 1 saturated carbocycles. The van der Waals surface area contributed by atoms with Crippen molar-refractivity contribution >= 4 is 34.3 Å². The van der Waals surface area contributed by atoms with Gasteiger partial charge in [0.05, 0.1) is 41.0 Å². The number of nitrogens with zero attached hydrogens (tertiary/aromatic N) is 3. The zero-order valence-electron chi connectivity index (χ0n) is 22.0. The fourth-order valence-corrected chi connectivity index (χ4v) is 5.52. The minimum absolute atomic E-state index is 0.0325. The van der Waals surface area contributed by atoms with Crippen LogP contribution in [0.5, 0.6) is 5.75 Å². The molecule has 1 N–H and O–H groups in total. The first-order chi connectivity index (χ1) is 18.8. The van der Waals surface area contributed by atoms with E-state index in [0.29, 0.717) is 40.1 Å². The number of rotatable bonds is 8. The zero-order chi connectivity index (χ0) is 27.5. The van der Waals surface area contributed by atoms with Crippen molar-refractivity contribution in [2.24, 2.45) is 5.92 Å². The molecule has 0 radical (unpaired) electrons. The lowest BCUT2D eigenvalue weighted by atomic mass is 9.85. The Morgan fingerprint density at radius 1 is 1.03 bits per heavy atom. The number of aryl methyl sites for hydroxylation is 1. The Hall–Kier alpha value is -3.91. The molecule has 0 atom stereocenters. The van der Waals surface area contributed by atoms with Crippen LogP contribution in [0.25, 0.3) is 11.0 Å². The van der Waals surface area contributed by atoms with Crippen LogP contribution in [-0.2, 0) is 13.1 Å².